The molecule has 4 nitrogen and oxygen atoms in total. The molecule has 0 aliphatic carbocycles. The highest BCUT2D eigenvalue weighted by molar-refractivity contribution is 9.09. The fourth-order valence-corrected chi connectivity index (χ4v) is 1.42. The lowest BCUT2D eigenvalue weighted by Crippen LogP contribution is -2.19. The van der Waals surface area contributed by atoms with E-state index < -0.39 is 12.2 Å². The summed E-state index contributed by atoms with van der Waals surface area (Å²) in [6.07, 6.45) is -1.89. The second-order valence-corrected chi connectivity index (χ2v) is 3.63. The second kappa shape index (κ2) is 4.63. The molecule has 14 heavy (non-hydrogen) atoms. The zero-order valence-corrected chi connectivity index (χ0v) is 8.98. The molecule has 0 amide bonds. The van der Waals surface area contributed by atoms with Crippen molar-refractivity contribution in [2.24, 2.45) is 0 Å². The quantitative estimate of drug-likeness (QED) is 0.368. The molecule has 2 unspecified atom stereocenters. The topological polar surface area (TPSA) is 86.7 Å². The van der Waals surface area contributed by atoms with Crippen LogP contribution in [0.4, 0.5) is 5.69 Å². The van der Waals surface area contributed by atoms with Gasteiger partial charge < -0.3 is 21.1 Å². The van der Waals surface area contributed by atoms with Crippen molar-refractivity contribution >= 4 is 21.6 Å². The van der Waals surface area contributed by atoms with Gasteiger partial charge in [0.2, 0.25) is 0 Å². The first kappa shape index (κ1) is 11.3. The molecule has 0 aromatic heterocycles. The van der Waals surface area contributed by atoms with Crippen LogP contribution < -0.4 is 5.73 Å². The SMILES string of the molecule is Nc1cc(C(O)C(O)CBr)ccc1O. The Labute approximate surface area is 90.1 Å². The number of nitrogens with two attached hydrogens (primary N) is 1. The third-order valence-electron chi connectivity index (χ3n) is 1.92. The molecular formula is C9H12BrNO3. The molecule has 0 heterocycles. The lowest BCUT2D eigenvalue weighted by atomic mass is 10.0. The number of aliphatic hydroxyl groups excluding tert-OH is 2. The average molecular weight is 262 g/mol. The van der Waals surface area contributed by atoms with E-state index in [4.69, 9.17) is 10.8 Å². The number of phenols is 1. The number of anilines is 1. The maximum Gasteiger partial charge on any atom is 0.138 e. The van der Waals surface area contributed by atoms with Gasteiger partial charge >= 0.3 is 0 Å². The maximum atomic E-state index is 9.59. The molecule has 1 aromatic rings. The van der Waals surface area contributed by atoms with Crippen molar-refractivity contribution in [3.8, 4) is 5.75 Å². The van der Waals surface area contributed by atoms with E-state index in [1.54, 1.807) is 0 Å². The minimum Gasteiger partial charge on any atom is -0.506 e. The zero-order valence-electron chi connectivity index (χ0n) is 7.39. The number of hydrogen-bond donors (Lipinski definition) is 4. The normalized spacial score (nSPS) is 15.1. The first-order valence-electron chi connectivity index (χ1n) is 4.06. The summed E-state index contributed by atoms with van der Waals surface area (Å²) >= 11 is 3.06. The van der Waals surface area contributed by atoms with Crippen molar-refractivity contribution in [2.75, 3.05) is 11.1 Å². The van der Waals surface area contributed by atoms with Gasteiger partial charge in [0.15, 0.2) is 0 Å². The summed E-state index contributed by atoms with van der Waals surface area (Å²) in [4.78, 5) is 0. The van der Waals surface area contributed by atoms with Gasteiger partial charge in [-0.25, -0.2) is 0 Å². The first-order chi connectivity index (χ1) is 6.56. The summed E-state index contributed by atoms with van der Waals surface area (Å²) < 4.78 is 0. The Bertz CT molecular complexity index is 319. The van der Waals surface area contributed by atoms with Gasteiger partial charge in [-0.1, -0.05) is 22.0 Å². The minimum atomic E-state index is -1.00. The molecule has 5 heteroatoms. The van der Waals surface area contributed by atoms with Gasteiger partial charge in [0.25, 0.3) is 0 Å². The molecule has 0 aliphatic rings. The standard InChI is InChI=1S/C9H12BrNO3/c10-4-8(13)9(14)5-1-2-7(12)6(11)3-5/h1-3,8-9,12-14H,4,11H2. The van der Waals surface area contributed by atoms with Crippen molar-refractivity contribution in [3.05, 3.63) is 23.8 Å². The molecular weight excluding hydrogens is 250 g/mol. The van der Waals surface area contributed by atoms with Crippen molar-refractivity contribution < 1.29 is 15.3 Å². The molecule has 0 saturated heterocycles. The number of alkyl halides is 1. The van der Waals surface area contributed by atoms with Crippen LogP contribution in [0.1, 0.15) is 11.7 Å². The highest BCUT2D eigenvalue weighted by atomic mass is 79.9. The Kier molecular flexibility index (Phi) is 3.74. The van der Waals surface area contributed by atoms with E-state index in [2.05, 4.69) is 15.9 Å². The average Bonchev–Trinajstić information content (AvgIpc) is 2.20. The number of aromatic hydroxyl groups is 1. The Balaban J connectivity index is 2.91. The Morgan fingerprint density at radius 3 is 2.50 bits per heavy atom. The van der Waals surface area contributed by atoms with Crippen LogP contribution in [0.25, 0.3) is 0 Å². The van der Waals surface area contributed by atoms with Gasteiger partial charge in [-0.2, -0.15) is 0 Å². The number of nitrogen functional groups attached to an aromatic ring is 1. The fraction of sp³-hybridized carbons (Fsp3) is 0.333. The molecule has 0 aliphatic heterocycles. The van der Waals surface area contributed by atoms with Crippen LogP contribution in [0.2, 0.25) is 0 Å². The molecule has 2 atom stereocenters. The van der Waals surface area contributed by atoms with Crippen molar-refractivity contribution in [3.63, 3.8) is 0 Å². The van der Waals surface area contributed by atoms with Crippen LogP contribution in [0.5, 0.6) is 5.75 Å². The summed E-state index contributed by atoms with van der Waals surface area (Å²) in [6, 6.07) is 4.34. The number of rotatable bonds is 3. The number of phenolic OH excluding ortho intramolecular Hbond substituents is 1. The van der Waals surface area contributed by atoms with Crippen molar-refractivity contribution in [1.29, 1.82) is 0 Å². The van der Waals surface area contributed by atoms with E-state index in [0.29, 0.717) is 5.56 Å². The van der Waals surface area contributed by atoms with Crippen LogP contribution in [0.3, 0.4) is 0 Å². The Morgan fingerprint density at radius 2 is 2.00 bits per heavy atom. The van der Waals surface area contributed by atoms with Gasteiger partial charge in [0, 0.05) is 5.33 Å². The summed E-state index contributed by atoms with van der Waals surface area (Å²) in [5, 5.41) is 28.3. The zero-order chi connectivity index (χ0) is 10.7. The van der Waals surface area contributed by atoms with Gasteiger partial charge in [-0.15, -0.1) is 0 Å². The third kappa shape index (κ3) is 2.37. The van der Waals surface area contributed by atoms with Gasteiger partial charge in [0.1, 0.15) is 11.9 Å². The van der Waals surface area contributed by atoms with E-state index >= 15 is 0 Å². The highest BCUT2D eigenvalue weighted by Gasteiger charge is 2.17. The minimum absolute atomic E-state index is 0.0331. The van der Waals surface area contributed by atoms with E-state index in [9.17, 15) is 10.2 Å². The Morgan fingerprint density at radius 1 is 1.36 bits per heavy atom. The predicted octanol–water partition coefficient (Wildman–Crippen LogP) is 0.764. The monoisotopic (exact) mass is 261 g/mol. The number of hydrogen-bond acceptors (Lipinski definition) is 4. The molecule has 5 N–H and O–H groups in total. The molecule has 78 valence electrons. The van der Waals surface area contributed by atoms with Crippen LogP contribution in [-0.4, -0.2) is 26.8 Å². The maximum absolute atomic E-state index is 9.59. The molecule has 0 bridgehead atoms. The van der Waals surface area contributed by atoms with Crippen LogP contribution in [-0.2, 0) is 0 Å². The van der Waals surface area contributed by atoms with E-state index in [1.165, 1.54) is 18.2 Å². The predicted molar refractivity (Wildman–Crippen MR) is 57.3 cm³/mol. The lowest BCUT2D eigenvalue weighted by Gasteiger charge is -2.16. The summed E-state index contributed by atoms with van der Waals surface area (Å²) in [5.74, 6) is -0.0331. The van der Waals surface area contributed by atoms with Crippen molar-refractivity contribution in [1.82, 2.24) is 0 Å². The van der Waals surface area contributed by atoms with E-state index in [-0.39, 0.29) is 16.8 Å². The third-order valence-corrected chi connectivity index (χ3v) is 2.58. The van der Waals surface area contributed by atoms with E-state index in [1.807, 2.05) is 0 Å². The van der Waals surface area contributed by atoms with Gasteiger partial charge in [0.05, 0.1) is 11.8 Å². The highest BCUT2D eigenvalue weighted by Crippen LogP contribution is 2.26. The van der Waals surface area contributed by atoms with E-state index in [0.717, 1.165) is 0 Å². The van der Waals surface area contributed by atoms with Gasteiger partial charge in [-0.3, -0.25) is 0 Å². The Hall–Kier alpha value is -0.780. The molecule has 1 rings (SSSR count). The fourth-order valence-electron chi connectivity index (χ4n) is 1.06. The lowest BCUT2D eigenvalue weighted by molar-refractivity contribution is 0.0343. The summed E-state index contributed by atoms with van der Waals surface area (Å²) in [6.45, 7) is 0. The number of halogens is 1. The van der Waals surface area contributed by atoms with Crippen LogP contribution in [0, 0.1) is 0 Å². The van der Waals surface area contributed by atoms with Crippen molar-refractivity contribution in [2.45, 2.75) is 12.2 Å². The molecule has 0 radical (unpaired) electrons. The second-order valence-electron chi connectivity index (χ2n) is 2.98. The molecule has 0 saturated carbocycles. The van der Waals surface area contributed by atoms with Crippen LogP contribution >= 0.6 is 15.9 Å². The molecule has 0 fully saturated rings. The largest absolute Gasteiger partial charge is 0.506 e. The van der Waals surface area contributed by atoms with Gasteiger partial charge in [-0.05, 0) is 17.7 Å². The molecule has 0 spiro atoms. The number of aliphatic hydroxyl groups is 2. The molecule has 1 aromatic carbocycles. The summed E-state index contributed by atoms with van der Waals surface area (Å²) in [5.41, 5.74) is 6.11. The van der Waals surface area contributed by atoms with Crippen LogP contribution in [0.15, 0.2) is 18.2 Å². The first-order valence-corrected chi connectivity index (χ1v) is 5.19. The summed E-state index contributed by atoms with van der Waals surface area (Å²) in [7, 11) is 0. The smallest absolute Gasteiger partial charge is 0.138 e. The number of benzene rings is 1.